The number of hydrogen-bond acceptors (Lipinski definition) is 8. The number of fused-ring (bicyclic) bond motifs is 1. The molecule has 0 unspecified atom stereocenters. The summed E-state index contributed by atoms with van der Waals surface area (Å²) >= 11 is 1.67. The number of hydrogen-bond donors (Lipinski definition) is 2. The largest absolute Gasteiger partial charge is 0.495 e. The van der Waals surface area contributed by atoms with Gasteiger partial charge < -0.3 is 20.3 Å². The molecule has 2 aliphatic heterocycles. The van der Waals surface area contributed by atoms with Gasteiger partial charge >= 0.3 is 0 Å². The van der Waals surface area contributed by atoms with Crippen molar-refractivity contribution >= 4 is 51.9 Å². The van der Waals surface area contributed by atoms with E-state index < -0.39 is 11.0 Å². The van der Waals surface area contributed by atoms with Crippen LogP contribution in [0, 0.1) is 10.1 Å². The van der Waals surface area contributed by atoms with Gasteiger partial charge in [0.2, 0.25) is 5.91 Å². The minimum atomic E-state index is -0.471. The molecule has 0 saturated carbocycles. The van der Waals surface area contributed by atoms with Crippen molar-refractivity contribution < 1.29 is 19.2 Å². The van der Waals surface area contributed by atoms with Crippen LogP contribution in [-0.2, 0) is 9.59 Å². The first-order valence-corrected chi connectivity index (χ1v) is 14.3. The highest BCUT2D eigenvalue weighted by Gasteiger charge is 2.37. The topological polar surface area (TPSA) is 126 Å². The Kier molecular flexibility index (Phi) is 8.68. The Morgan fingerprint density at radius 1 is 1.10 bits per heavy atom. The lowest BCUT2D eigenvalue weighted by Crippen LogP contribution is -2.43. The van der Waals surface area contributed by atoms with Gasteiger partial charge in [0.15, 0.2) is 5.17 Å². The van der Waals surface area contributed by atoms with Crippen LogP contribution in [0.5, 0.6) is 5.75 Å². The molecule has 0 aromatic heterocycles. The number of carbonyl (C=O) groups excluding carboxylic acids is 2. The molecule has 2 aliphatic rings. The van der Waals surface area contributed by atoms with Crippen LogP contribution in [0.4, 0.5) is 17.1 Å². The molecule has 1 saturated heterocycles. The molecule has 0 radical (unpaired) electrons. The number of amidine groups is 1. The Bertz CT molecular complexity index is 1620. The van der Waals surface area contributed by atoms with Crippen LogP contribution in [0.1, 0.15) is 30.5 Å². The smallest absolute Gasteiger partial charge is 0.269 e. The van der Waals surface area contributed by atoms with E-state index in [0.717, 1.165) is 29.4 Å². The van der Waals surface area contributed by atoms with E-state index in [9.17, 15) is 19.7 Å². The summed E-state index contributed by atoms with van der Waals surface area (Å²) in [6.45, 7) is 2.59. The predicted molar refractivity (Wildman–Crippen MR) is 165 cm³/mol. The number of carbonyl (C=O) groups is 2. The Morgan fingerprint density at radius 2 is 1.88 bits per heavy atom. The van der Waals surface area contributed by atoms with Gasteiger partial charge in [-0.1, -0.05) is 36.0 Å². The molecule has 3 aromatic carbocycles. The summed E-state index contributed by atoms with van der Waals surface area (Å²) in [6, 6.07) is 20.2. The highest BCUT2D eigenvalue weighted by atomic mass is 32.2. The van der Waals surface area contributed by atoms with E-state index in [2.05, 4.69) is 15.5 Å². The number of nitro benzene ring substituents is 1. The third kappa shape index (κ3) is 6.36. The summed E-state index contributed by atoms with van der Waals surface area (Å²) < 4.78 is 5.43. The van der Waals surface area contributed by atoms with E-state index in [0.29, 0.717) is 34.0 Å². The van der Waals surface area contributed by atoms with Crippen molar-refractivity contribution in [3.8, 4) is 5.75 Å². The number of thioether (sulfide) groups is 1. The quantitative estimate of drug-likeness (QED) is 0.189. The second kappa shape index (κ2) is 12.7. The third-order valence-electron chi connectivity index (χ3n) is 6.86. The number of amides is 2. The monoisotopic (exact) mass is 583 g/mol. The van der Waals surface area contributed by atoms with Gasteiger partial charge in [-0.25, -0.2) is 4.99 Å². The maximum Gasteiger partial charge on any atom is 0.269 e. The molecule has 214 valence electrons. The van der Waals surface area contributed by atoms with Gasteiger partial charge in [0.1, 0.15) is 5.75 Å². The van der Waals surface area contributed by atoms with Crippen LogP contribution in [0.25, 0.3) is 6.08 Å². The predicted octanol–water partition coefficient (Wildman–Crippen LogP) is 6.02. The van der Waals surface area contributed by atoms with E-state index in [1.165, 1.54) is 18.2 Å². The van der Waals surface area contributed by atoms with Gasteiger partial charge in [-0.15, -0.1) is 0 Å². The number of benzene rings is 3. The number of anilines is 2. The number of aliphatic imine (C=N–C) groups is 1. The molecular weight excluding hydrogens is 554 g/mol. The van der Waals surface area contributed by atoms with Crippen LogP contribution in [0.15, 0.2) is 95.1 Å². The van der Waals surface area contributed by atoms with Gasteiger partial charge in [0.05, 0.1) is 35.0 Å². The number of nitrogens with one attached hydrogen (secondary N) is 2. The summed E-state index contributed by atoms with van der Waals surface area (Å²) in [6.07, 6.45) is 3.91. The second-order valence-electron chi connectivity index (χ2n) is 9.64. The molecule has 1 atom stereocenters. The summed E-state index contributed by atoms with van der Waals surface area (Å²) in [4.78, 5) is 43.9. The van der Waals surface area contributed by atoms with Crippen molar-refractivity contribution in [1.82, 2.24) is 4.90 Å². The van der Waals surface area contributed by atoms with E-state index in [4.69, 9.17) is 9.73 Å². The molecule has 2 heterocycles. The minimum absolute atomic E-state index is 0.0170. The molecule has 0 aliphatic carbocycles. The zero-order chi connectivity index (χ0) is 29.6. The zero-order valence-corrected chi connectivity index (χ0v) is 23.9. The number of rotatable bonds is 8. The Morgan fingerprint density at radius 3 is 2.64 bits per heavy atom. The fourth-order valence-electron chi connectivity index (χ4n) is 4.89. The molecule has 2 amide bonds. The first kappa shape index (κ1) is 28.6. The first-order chi connectivity index (χ1) is 20.3. The third-order valence-corrected chi connectivity index (χ3v) is 7.94. The summed E-state index contributed by atoms with van der Waals surface area (Å²) in [7, 11) is 1.56. The normalized spacial score (nSPS) is 16.5. The first-order valence-electron chi connectivity index (χ1n) is 13.3. The number of non-ortho nitro benzene ring substituents is 1. The van der Waals surface area contributed by atoms with Crippen LogP contribution in [0.2, 0.25) is 0 Å². The Balaban J connectivity index is 1.40. The van der Waals surface area contributed by atoms with E-state index in [1.54, 1.807) is 55.3 Å². The van der Waals surface area contributed by atoms with Gasteiger partial charge in [0, 0.05) is 36.2 Å². The van der Waals surface area contributed by atoms with Crippen LogP contribution in [-0.4, -0.2) is 46.2 Å². The molecule has 0 spiro atoms. The maximum atomic E-state index is 13.8. The molecule has 0 bridgehead atoms. The zero-order valence-electron chi connectivity index (χ0n) is 23.1. The van der Waals surface area contributed by atoms with Gasteiger partial charge in [-0.3, -0.25) is 19.7 Å². The van der Waals surface area contributed by atoms with Crippen molar-refractivity contribution in [2.75, 3.05) is 30.0 Å². The lowest BCUT2D eigenvalue weighted by Gasteiger charge is -2.41. The van der Waals surface area contributed by atoms with Crippen LogP contribution >= 0.6 is 11.8 Å². The lowest BCUT2D eigenvalue weighted by atomic mass is 9.93. The van der Waals surface area contributed by atoms with Crippen LogP contribution in [0.3, 0.4) is 0 Å². The Hall–Kier alpha value is -4.90. The van der Waals surface area contributed by atoms with Gasteiger partial charge in [-0.2, -0.15) is 0 Å². The second-order valence-corrected chi connectivity index (χ2v) is 10.7. The van der Waals surface area contributed by atoms with Crippen molar-refractivity contribution in [2.45, 2.75) is 19.4 Å². The standard InChI is InChI=1S/C31H29N5O5S/c1-20-28(30(38)34-25-9-3-4-10-26(25)41-2)29(35-17-6-18-42-31(35)32-20)22-7-5-8-23(19-22)33-27(37)16-13-21-11-14-24(15-12-21)36(39)40/h3-5,7-16,19,29H,6,17-18H2,1-2H3,(H,33,37)(H,34,38)/b16-13+/t29-/m0/s1. The molecule has 10 nitrogen and oxygen atoms in total. The number of ether oxygens (including phenoxy) is 1. The number of allylic oxidation sites excluding steroid dienone is 1. The number of para-hydroxylation sites is 2. The van der Waals surface area contributed by atoms with Crippen molar-refractivity contribution in [3.63, 3.8) is 0 Å². The van der Waals surface area contributed by atoms with Crippen molar-refractivity contribution in [2.24, 2.45) is 4.99 Å². The molecule has 2 N–H and O–H groups in total. The minimum Gasteiger partial charge on any atom is -0.495 e. The van der Waals surface area contributed by atoms with Crippen LogP contribution < -0.4 is 15.4 Å². The average molecular weight is 584 g/mol. The number of nitro groups is 1. The Labute approximate surface area is 247 Å². The fourth-order valence-corrected chi connectivity index (χ4v) is 5.91. The van der Waals surface area contributed by atoms with Gasteiger partial charge in [0.25, 0.3) is 11.6 Å². The average Bonchev–Trinajstić information content (AvgIpc) is 3.00. The number of nitrogens with zero attached hydrogens (tertiary/aromatic N) is 3. The van der Waals surface area contributed by atoms with Gasteiger partial charge in [-0.05, 0) is 66.9 Å². The molecule has 42 heavy (non-hydrogen) atoms. The molecule has 5 rings (SSSR count). The maximum absolute atomic E-state index is 13.8. The molecule has 3 aromatic rings. The molecule has 1 fully saturated rings. The highest BCUT2D eigenvalue weighted by Crippen LogP contribution is 2.40. The lowest BCUT2D eigenvalue weighted by molar-refractivity contribution is -0.384. The van der Waals surface area contributed by atoms with E-state index >= 15 is 0 Å². The summed E-state index contributed by atoms with van der Waals surface area (Å²) in [5, 5.41) is 17.6. The molecular formula is C31H29N5O5S. The van der Waals surface area contributed by atoms with Crippen molar-refractivity contribution in [3.05, 3.63) is 111 Å². The SMILES string of the molecule is COc1ccccc1NC(=O)C1=C(C)N=C2SCCCN2[C@H]1c1cccc(NC(=O)/C=C/c2ccc([N+](=O)[O-])cc2)c1. The number of methoxy groups -OCH3 is 1. The van der Waals surface area contributed by atoms with E-state index in [1.807, 2.05) is 37.3 Å². The van der Waals surface area contributed by atoms with E-state index in [-0.39, 0.29) is 17.5 Å². The fraction of sp³-hybridized carbons (Fsp3) is 0.194. The van der Waals surface area contributed by atoms with Crippen molar-refractivity contribution in [1.29, 1.82) is 0 Å². The summed E-state index contributed by atoms with van der Waals surface area (Å²) in [5.41, 5.74) is 3.77. The summed E-state index contributed by atoms with van der Waals surface area (Å²) in [5.74, 6) is 0.877. The highest BCUT2D eigenvalue weighted by molar-refractivity contribution is 8.13. The molecule has 11 heteroatoms.